The SMILES string of the molecule is CCCCCCCCCCCCC(=O)c1ncccc1F. The molecule has 1 aromatic heterocycles. The van der Waals surface area contributed by atoms with Crippen molar-refractivity contribution < 1.29 is 9.18 Å². The lowest BCUT2D eigenvalue weighted by Gasteiger charge is -2.03. The number of carbonyl (C=O) groups excluding carboxylic acids is 1. The summed E-state index contributed by atoms with van der Waals surface area (Å²) >= 11 is 0. The van der Waals surface area contributed by atoms with Crippen LogP contribution in [0.5, 0.6) is 0 Å². The molecule has 0 atom stereocenters. The van der Waals surface area contributed by atoms with E-state index in [0.717, 1.165) is 12.8 Å². The molecular weight excluding hydrogens is 265 g/mol. The summed E-state index contributed by atoms with van der Waals surface area (Å²) in [7, 11) is 0. The number of ketones is 1. The molecule has 2 nitrogen and oxygen atoms in total. The van der Waals surface area contributed by atoms with Crippen LogP contribution in [-0.2, 0) is 0 Å². The highest BCUT2D eigenvalue weighted by Crippen LogP contribution is 2.13. The zero-order valence-corrected chi connectivity index (χ0v) is 13.2. The minimum absolute atomic E-state index is 0.00609. The van der Waals surface area contributed by atoms with Crippen molar-refractivity contribution in [2.45, 2.75) is 77.6 Å². The molecule has 3 heteroatoms. The van der Waals surface area contributed by atoms with Gasteiger partial charge in [0.1, 0.15) is 5.69 Å². The molecule has 0 aromatic carbocycles. The fourth-order valence-corrected chi connectivity index (χ4v) is 2.48. The van der Waals surface area contributed by atoms with Crippen molar-refractivity contribution in [2.75, 3.05) is 0 Å². The Balaban J connectivity index is 1.99. The number of nitrogens with zero attached hydrogens (tertiary/aromatic N) is 1. The quantitative estimate of drug-likeness (QED) is 0.364. The van der Waals surface area contributed by atoms with Crippen LogP contribution >= 0.6 is 0 Å². The fourth-order valence-electron chi connectivity index (χ4n) is 2.48. The van der Waals surface area contributed by atoms with Gasteiger partial charge in [-0.15, -0.1) is 0 Å². The Kier molecular flexibility index (Phi) is 9.68. The van der Waals surface area contributed by atoms with Crippen LogP contribution in [0.3, 0.4) is 0 Å². The van der Waals surface area contributed by atoms with E-state index >= 15 is 0 Å². The molecule has 0 spiro atoms. The lowest BCUT2D eigenvalue weighted by Crippen LogP contribution is -2.04. The number of Topliss-reactive ketones (excluding diaryl/α,β-unsaturated/α-hetero) is 1. The molecular formula is C18H28FNO. The van der Waals surface area contributed by atoms with Gasteiger partial charge in [0.15, 0.2) is 11.6 Å². The first-order valence-electron chi connectivity index (χ1n) is 8.39. The molecule has 0 fully saturated rings. The van der Waals surface area contributed by atoms with Gasteiger partial charge in [0.05, 0.1) is 0 Å². The number of pyridine rings is 1. The third-order valence-corrected chi connectivity index (χ3v) is 3.78. The summed E-state index contributed by atoms with van der Waals surface area (Å²) in [6.07, 6.45) is 14.2. The van der Waals surface area contributed by atoms with Gasteiger partial charge in [-0.1, -0.05) is 64.7 Å². The summed E-state index contributed by atoms with van der Waals surface area (Å²) in [5.41, 5.74) is -0.00609. The maximum Gasteiger partial charge on any atom is 0.184 e. The van der Waals surface area contributed by atoms with Gasteiger partial charge in [0, 0.05) is 12.6 Å². The van der Waals surface area contributed by atoms with Crippen LogP contribution in [0.4, 0.5) is 4.39 Å². The highest BCUT2D eigenvalue weighted by molar-refractivity contribution is 5.94. The minimum Gasteiger partial charge on any atom is -0.292 e. The largest absolute Gasteiger partial charge is 0.292 e. The summed E-state index contributed by atoms with van der Waals surface area (Å²) in [4.78, 5) is 15.6. The first-order valence-corrected chi connectivity index (χ1v) is 8.39. The summed E-state index contributed by atoms with van der Waals surface area (Å²) in [5.74, 6) is -0.678. The van der Waals surface area contributed by atoms with Crippen LogP contribution in [0.1, 0.15) is 88.0 Å². The molecule has 0 aliphatic heterocycles. The second-order valence-corrected chi connectivity index (χ2v) is 5.69. The van der Waals surface area contributed by atoms with Gasteiger partial charge >= 0.3 is 0 Å². The third kappa shape index (κ3) is 7.93. The van der Waals surface area contributed by atoms with E-state index in [0.29, 0.717) is 6.42 Å². The molecule has 0 aliphatic carbocycles. The maximum absolute atomic E-state index is 13.4. The molecule has 1 rings (SSSR count). The molecule has 0 bridgehead atoms. The van der Waals surface area contributed by atoms with Gasteiger partial charge < -0.3 is 0 Å². The van der Waals surface area contributed by atoms with E-state index in [2.05, 4.69) is 11.9 Å². The topological polar surface area (TPSA) is 30.0 Å². The predicted molar refractivity (Wildman–Crippen MR) is 85.0 cm³/mol. The molecule has 0 amide bonds. The first-order chi connectivity index (χ1) is 10.3. The third-order valence-electron chi connectivity index (χ3n) is 3.78. The van der Waals surface area contributed by atoms with Gasteiger partial charge in [-0.2, -0.15) is 0 Å². The Hall–Kier alpha value is -1.25. The van der Waals surface area contributed by atoms with Crippen LogP contribution < -0.4 is 0 Å². The van der Waals surface area contributed by atoms with Crippen molar-refractivity contribution >= 4 is 5.78 Å². The number of rotatable bonds is 12. The summed E-state index contributed by atoms with van der Waals surface area (Å²) in [5, 5.41) is 0. The van der Waals surface area contributed by atoms with Crippen molar-refractivity contribution in [1.82, 2.24) is 4.98 Å². The molecule has 0 saturated heterocycles. The first kappa shape index (κ1) is 17.8. The van der Waals surface area contributed by atoms with E-state index in [9.17, 15) is 9.18 Å². The maximum atomic E-state index is 13.4. The molecule has 1 aromatic rings. The van der Waals surface area contributed by atoms with Gasteiger partial charge in [0.2, 0.25) is 0 Å². The Morgan fingerprint density at radius 1 is 1.00 bits per heavy atom. The predicted octanol–water partition coefficient (Wildman–Crippen LogP) is 5.71. The lowest BCUT2D eigenvalue weighted by atomic mass is 10.0. The normalized spacial score (nSPS) is 10.8. The monoisotopic (exact) mass is 293 g/mol. The summed E-state index contributed by atoms with van der Waals surface area (Å²) in [6, 6.07) is 2.80. The number of halogens is 1. The average Bonchev–Trinajstić information content (AvgIpc) is 2.49. The molecule has 1 heterocycles. The van der Waals surface area contributed by atoms with E-state index in [-0.39, 0.29) is 11.5 Å². The molecule has 0 saturated carbocycles. The van der Waals surface area contributed by atoms with Crippen molar-refractivity contribution in [2.24, 2.45) is 0 Å². The van der Waals surface area contributed by atoms with Gasteiger partial charge in [-0.25, -0.2) is 4.39 Å². The Morgan fingerprint density at radius 3 is 2.14 bits per heavy atom. The molecule has 0 aliphatic rings. The van der Waals surface area contributed by atoms with Crippen LogP contribution in [0.15, 0.2) is 18.3 Å². The molecule has 0 N–H and O–H groups in total. The van der Waals surface area contributed by atoms with E-state index < -0.39 is 5.82 Å². The van der Waals surface area contributed by atoms with Crippen molar-refractivity contribution in [3.05, 3.63) is 29.8 Å². The zero-order valence-electron chi connectivity index (χ0n) is 13.2. The number of aromatic nitrogens is 1. The minimum atomic E-state index is -0.505. The molecule has 118 valence electrons. The zero-order chi connectivity index (χ0) is 15.3. The molecule has 21 heavy (non-hydrogen) atoms. The number of unbranched alkanes of at least 4 members (excludes halogenated alkanes) is 9. The highest BCUT2D eigenvalue weighted by Gasteiger charge is 2.11. The smallest absolute Gasteiger partial charge is 0.184 e. The van der Waals surface area contributed by atoms with Crippen molar-refractivity contribution in [1.29, 1.82) is 0 Å². The standard InChI is InChI=1S/C18H28FNO/c1-2-3-4-5-6-7-8-9-10-11-14-17(21)18-16(19)13-12-15-20-18/h12-13,15H,2-11,14H2,1H3. The van der Waals surface area contributed by atoms with Crippen molar-refractivity contribution in [3.63, 3.8) is 0 Å². The van der Waals surface area contributed by atoms with E-state index in [1.165, 1.54) is 69.7 Å². The average molecular weight is 293 g/mol. The van der Waals surface area contributed by atoms with Crippen LogP contribution in [0.2, 0.25) is 0 Å². The Bertz CT molecular complexity index is 406. The fraction of sp³-hybridized carbons (Fsp3) is 0.667. The lowest BCUT2D eigenvalue weighted by molar-refractivity contribution is 0.0970. The van der Waals surface area contributed by atoms with Gasteiger partial charge in [-0.3, -0.25) is 9.78 Å². The van der Waals surface area contributed by atoms with Crippen molar-refractivity contribution in [3.8, 4) is 0 Å². The second kappa shape index (κ2) is 11.4. The van der Waals surface area contributed by atoms with Crippen LogP contribution in [0.25, 0.3) is 0 Å². The highest BCUT2D eigenvalue weighted by atomic mass is 19.1. The van der Waals surface area contributed by atoms with Gasteiger partial charge in [-0.05, 0) is 18.6 Å². The number of hydrogen-bond acceptors (Lipinski definition) is 2. The number of hydrogen-bond donors (Lipinski definition) is 0. The Morgan fingerprint density at radius 2 is 1.57 bits per heavy atom. The van der Waals surface area contributed by atoms with Gasteiger partial charge in [0.25, 0.3) is 0 Å². The second-order valence-electron chi connectivity index (χ2n) is 5.69. The summed E-state index contributed by atoms with van der Waals surface area (Å²) < 4.78 is 13.4. The molecule has 0 unspecified atom stereocenters. The Labute approximate surface area is 128 Å². The number of carbonyl (C=O) groups is 1. The van der Waals surface area contributed by atoms with E-state index in [1.807, 2.05) is 0 Å². The van der Waals surface area contributed by atoms with Crippen LogP contribution in [-0.4, -0.2) is 10.8 Å². The molecule has 0 radical (unpaired) electrons. The van der Waals surface area contributed by atoms with E-state index in [1.54, 1.807) is 0 Å². The van der Waals surface area contributed by atoms with E-state index in [4.69, 9.17) is 0 Å². The van der Waals surface area contributed by atoms with Crippen LogP contribution in [0, 0.1) is 5.82 Å². The summed E-state index contributed by atoms with van der Waals surface area (Å²) in [6.45, 7) is 2.23.